The number of rotatable bonds is 2. The number of anilines is 1. The lowest BCUT2D eigenvalue weighted by atomic mass is 10.1. The summed E-state index contributed by atoms with van der Waals surface area (Å²) in [5, 5.41) is 2.79. The molecular weight excluding hydrogens is 250 g/mol. The predicted molar refractivity (Wildman–Crippen MR) is 79.7 cm³/mol. The number of benzene rings is 1. The second kappa shape index (κ2) is 4.81. The van der Waals surface area contributed by atoms with Gasteiger partial charge in [-0.3, -0.25) is 4.79 Å². The van der Waals surface area contributed by atoms with Crippen LogP contribution in [0, 0.1) is 6.92 Å². The Morgan fingerprint density at radius 1 is 1.20 bits per heavy atom. The second-order valence-corrected chi connectivity index (χ2v) is 4.78. The summed E-state index contributed by atoms with van der Waals surface area (Å²) in [5.41, 5.74) is 4.72. The van der Waals surface area contributed by atoms with Crippen LogP contribution < -0.4 is 5.32 Å². The summed E-state index contributed by atoms with van der Waals surface area (Å²) in [5.74, 6) is -0.0759. The third-order valence-corrected chi connectivity index (χ3v) is 3.17. The van der Waals surface area contributed by atoms with Crippen molar-refractivity contribution >= 4 is 17.2 Å². The third kappa shape index (κ3) is 2.28. The van der Waals surface area contributed by atoms with Crippen LogP contribution >= 0.6 is 0 Å². The minimum atomic E-state index is -0.0759. The van der Waals surface area contributed by atoms with E-state index in [0.29, 0.717) is 0 Å². The Bertz CT molecular complexity index is 789. The number of nitrogens with zero attached hydrogens (tertiary/aromatic N) is 2. The minimum Gasteiger partial charge on any atom is -0.326 e. The molecule has 0 aliphatic heterocycles. The summed E-state index contributed by atoms with van der Waals surface area (Å²) < 4.78 is 2.06. The van der Waals surface area contributed by atoms with Crippen molar-refractivity contribution < 1.29 is 4.79 Å². The molecule has 3 aromatic rings. The van der Waals surface area contributed by atoms with Crippen molar-refractivity contribution in [1.29, 1.82) is 0 Å². The van der Waals surface area contributed by atoms with Crippen LogP contribution in [0.5, 0.6) is 0 Å². The highest BCUT2D eigenvalue weighted by Crippen LogP contribution is 2.23. The van der Waals surface area contributed by atoms with Crippen LogP contribution in [-0.4, -0.2) is 15.3 Å². The number of aromatic nitrogens is 2. The van der Waals surface area contributed by atoms with Gasteiger partial charge in [0.15, 0.2) is 0 Å². The predicted octanol–water partition coefficient (Wildman–Crippen LogP) is 3.27. The van der Waals surface area contributed by atoms with E-state index in [1.54, 1.807) is 0 Å². The van der Waals surface area contributed by atoms with E-state index in [4.69, 9.17) is 0 Å². The number of hydrogen-bond donors (Lipinski definition) is 1. The van der Waals surface area contributed by atoms with Gasteiger partial charge in [0.2, 0.25) is 5.91 Å². The van der Waals surface area contributed by atoms with E-state index in [0.717, 1.165) is 28.3 Å². The number of amides is 1. The number of nitrogens with one attached hydrogen (secondary N) is 1. The van der Waals surface area contributed by atoms with Gasteiger partial charge in [-0.05, 0) is 31.2 Å². The summed E-state index contributed by atoms with van der Waals surface area (Å²) in [7, 11) is 0. The number of carbonyl (C=O) groups excluding carboxylic acids is 1. The number of fused-ring (bicyclic) bond motifs is 1. The van der Waals surface area contributed by atoms with Gasteiger partial charge in [-0.15, -0.1) is 0 Å². The molecule has 0 radical (unpaired) electrons. The first-order valence-corrected chi connectivity index (χ1v) is 6.46. The molecule has 0 spiro atoms. The normalized spacial score (nSPS) is 10.7. The third-order valence-electron chi connectivity index (χ3n) is 3.17. The van der Waals surface area contributed by atoms with Crippen LogP contribution in [0.2, 0.25) is 0 Å². The zero-order valence-electron chi connectivity index (χ0n) is 11.4. The summed E-state index contributed by atoms with van der Waals surface area (Å²) in [6.45, 7) is 3.55. The highest BCUT2D eigenvalue weighted by Gasteiger charge is 2.06. The Balaban J connectivity index is 2.06. The maximum atomic E-state index is 11.1. The molecule has 4 nitrogen and oxygen atoms in total. The van der Waals surface area contributed by atoms with E-state index in [1.807, 2.05) is 55.6 Å². The van der Waals surface area contributed by atoms with E-state index < -0.39 is 0 Å². The number of hydrogen-bond acceptors (Lipinski definition) is 2. The SMILES string of the molecule is CC(=O)Nc1cccc(-c2cn3c(C)cccc3n2)c1. The van der Waals surface area contributed by atoms with Crippen LogP contribution in [0.1, 0.15) is 12.6 Å². The van der Waals surface area contributed by atoms with Gasteiger partial charge in [-0.2, -0.15) is 0 Å². The molecule has 1 amide bonds. The first-order valence-electron chi connectivity index (χ1n) is 6.46. The van der Waals surface area contributed by atoms with Gasteiger partial charge < -0.3 is 9.72 Å². The van der Waals surface area contributed by atoms with Crippen LogP contribution in [0.15, 0.2) is 48.7 Å². The molecule has 0 unspecified atom stereocenters. The molecule has 0 saturated carbocycles. The van der Waals surface area contributed by atoms with Crippen molar-refractivity contribution in [2.75, 3.05) is 5.32 Å². The monoisotopic (exact) mass is 265 g/mol. The zero-order valence-corrected chi connectivity index (χ0v) is 11.4. The van der Waals surface area contributed by atoms with Gasteiger partial charge in [0, 0.05) is 30.1 Å². The molecule has 4 heteroatoms. The summed E-state index contributed by atoms with van der Waals surface area (Å²) >= 11 is 0. The van der Waals surface area contributed by atoms with Crippen molar-refractivity contribution in [2.45, 2.75) is 13.8 Å². The summed E-state index contributed by atoms with van der Waals surface area (Å²) in [6.07, 6.45) is 2.01. The van der Waals surface area contributed by atoms with Gasteiger partial charge in [0.05, 0.1) is 5.69 Å². The molecule has 3 rings (SSSR count). The van der Waals surface area contributed by atoms with Gasteiger partial charge in [0.25, 0.3) is 0 Å². The molecule has 100 valence electrons. The van der Waals surface area contributed by atoms with Gasteiger partial charge >= 0.3 is 0 Å². The van der Waals surface area contributed by atoms with Crippen molar-refractivity contribution in [3.63, 3.8) is 0 Å². The van der Waals surface area contributed by atoms with Crippen molar-refractivity contribution in [3.8, 4) is 11.3 Å². The second-order valence-electron chi connectivity index (χ2n) is 4.78. The Morgan fingerprint density at radius 2 is 2.00 bits per heavy atom. The van der Waals surface area contributed by atoms with Gasteiger partial charge in [-0.1, -0.05) is 18.2 Å². The molecule has 0 fully saturated rings. The first-order chi connectivity index (χ1) is 9.63. The largest absolute Gasteiger partial charge is 0.326 e. The highest BCUT2D eigenvalue weighted by molar-refractivity contribution is 5.89. The molecule has 0 aliphatic carbocycles. The molecule has 2 heterocycles. The minimum absolute atomic E-state index is 0.0759. The van der Waals surface area contributed by atoms with Crippen LogP contribution in [-0.2, 0) is 4.79 Å². The molecule has 0 bridgehead atoms. The lowest BCUT2D eigenvalue weighted by Crippen LogP contribution is -2.05. The molecule has 0 aliphatic rings. The fourth-order valence-corrected chi connectivity index (χ4v) is 2.25. The number of aryl methyl sites for hydroxylation is 1. The smallest absolute Gasteiger partial charge is 0.221 e. The fourth-order valence-electron chi connectivity index (χ4n) is 2.25. The number of imidazole rings is 1. The van der Waals surface area contributed by atoms with Crippen molar-refractivity contribution in [3.05, 3.63) is 54.4 Å². The quantitative estimate of drug-likeness (QED) is 0.773. The molecule has 1 N–H and O–H groups in total. The molecule has 20 heavy (non-hydrogen) atoms. The van der Waals surface area contributed by atoms with E-state index in [9.17, 15) is 4.79 Å². The summed E-state index contributed by atoms with van der Waals surface area (Å²) in [6, 6.07) is 13.7. The van der Waals surface area contributed by atoms with Crippen molar-refractivity contribution in [1.82, 2.24) is 9.38 Å². The van der Waals surface area contributed by atoms with Crippen molar-refractivity contribution in [2.24, 2.45) is 0 Å². The maximum Gasteiger partial charge on any atom is 0.221 e. The molecule has 2 aromatic heterocycles. The lowest BCUT2D eigenvalue weighted by molar-refractivity contribution is -0.114. The maximum absolute atomic E-state index is 11.1. The van der Waals surface area contributed by atoms with E-state index in [-0.39, 0.29) is 5.91 Å². The Hall–Kier alpha value is -2.62. The van der Waals surface area contributed by atoms with E-state index >= 15 is 0 Å². The summed E-state index contributed by atoms with van der Waals surface area (Å²) in [4.78, 5) is 15.7. The zero-order chi connectivity index (χ0) is 14.1. The standard InChI is InChI=1S/C16H15N3O/c1-11-5-3-8-16-18-15(10-19(11)16)13-6-4-7-14(9-13)17-12(2)20/h3-10H,1-2H3,(H,17,20). The molecular formula is C16H15N3O. The Kier molecular flexibility index (Phi) is 2.99. The van der Waals surface area contributed by atoms with E-state index in [2.05, 4.69) is 14.7 Å². The first kappa shape index (κ1) is 12.4. The fraction of sp³-hybridized carbons (Fsp3) is 0.125. The lowest BCUT2D eigenvalue weighted by Gasteiger charge is -2.03. The Labute approximate surface area is 117 Å². The number of carbonyl (C=O) groups is 1. The molecule has 0 atom stereocenters. The van der Waals surface area contributed by atoms with Crippen LogP contribution in [0.4, 0.5) is 5.69 Å². The van der Waals surface area contributed by atoms with E-state index in [1.165, 1.54) is 6.92 Å². The van der Waals surface area contributed by atoms with Crippen LogP contribution in [0.3, 0.4) is 0 Å². The van der Waals surface area contributed by atoms with Gasteiger partial charge in [0.1, 0.15) is 5.65 Å². The topological polar surface area (TPSA) is 46.4 Å². The number of pyridine rings is 1. The Morgan fingerprint density at radius 3 is 2.75 bits per heavy atom. The van der Waals surface area contributed by atoms with Gasteiger partial charge in [-0.25, -0.2) is 4.98 Å². The highest BCUT2D eigenvalue weighted by atomic mass is 16.1. The van der Waals surface area contributed by atoms with Crippen LogP contribution in [0.25, 0.3) is 16.9 Å². The molecule has 0 saturated heterocycles. The average Bonchev–Trinajstić information content (AvgIpc) is 2.84. The average molecular weight is 265 g/mol. The molecule has 1 aromatic carbocycles.